The van der Waals surface area contributed by atoms with Crippen molar-refractivity contribution in [3.8, 4) is 0 Å². The number of aliphatic hydroxyl groups is 1. The predicted octanol–water partition coefficient (Wildman–Crippen LogP) is 1.54. The molecular weight excluding hydrogens is 272 g/mol. The van der Waals surface area contributed by atoms with Crippen molar-refractivity contribution in [3.63, 3.8) is 0 Å². The van der Waals surface area contributed by atoms with Crippen LogP contribution in [0.25, 0.3) is 0 Å². The van der Waals surface area contributed by atoms with E-state index in [0.29, 0.717) is 31.2 Å². The summed E-state index contributed by atoms with van der Waals surface area (Å²) in [5, 5.41) is 17.9. The van der Waals surface area contributed by atoms with Gasteiger partial charge in [0, 0.05) is 18.7 Å². The van der Waals surface area contributed by atoms with Crippen molar-refractivity contribution in [2.24, 2.45) is 0 Å². The summed E-state index contributed by atoms with van der Waals surface area (Å²) in [5.41, 5.74) is 2.06. The van der Waals surface area contributed by atoms with E-state index in [1.54, 1.807) is 6.92 Å². The quantitative estimate of drug-likeness (QED) is 0.914. The first-order valence-corrected chi connectivity index (χ1v) is 7.24. The Balaban J connectivity index is 1.84. The summed E-state index contributed by atoms with van der Waals surface area (Å²) < 4.78 is 10.6. The molecule has 0 unspecified atom stereocenters. The Kier molecular flexibility index (Phi) is 3.77. The molecule has 2 atom stereocenters. The van der Waals surface area contributed by atoms with Crippen LogP contribution in [0.3, 0.4) is 0 Å². The van der Waals surface area contributed by atoms with E-state index in [2.05, 4.69) is 27.1 Å². The number of aryl methyl sites for hydroxylation is 3. The number of nitrogens with zero attached hydrogens (tertiary/aromatic N) is 4. The fraction of sp³-hybridized carbons (Fsp3) is 0.643. The molecule has 3 rings (SSSR count). The van der Waals surface area contributed by atoms with Crippen LogP contribution in [0, 0.1) is 13.8 Å². The lowest BCUT2D eigenvalue weighted by Crippen LogP contribution is -2.25. The zero-order valence-electron chi connectivity index (χ0n) is 12.5. The lowest BCUT2D eigenvalue weighted by atomic mass is 10.1. The minimum atomic E-state index is -0.382. The molecule has 2 aromatic heterocycles. The Labute approximate surface area is 122 Å². The van der Waals surface area contributed by atoms with Gasteiger partial charge in [-0.1, -0.05) is 17.2 Å². The molecule has 1 N–H and O–H groups in total. The van der Waals surface area contributed by atoms with E-state index in [9.17, 15) is 5.11 Å². The van der Waals surface area contributed by atoms with Gasteiger partial charge < -0.3 is 14.2 Å². The van der Waals surface area contributed by atoms with Gasteiger partial charge in [0.05, 0.1) is 17.8 Å². The molecule has 7 heteroatoms. The van der Waals surface area contributed by atoms with Gasteiger partial charge in [-0.3, -0.25) is 4.90 Å². The Morgan fingerprint density at radius 3 is 2.76 bits per heavy atom. The Hall–Kier alpha value is -1.73. The third kappa shape index (κ3) is 2.71. The molecule has 2 aromatic rings. The zero-order chi connectivity index (χ0) is 15.0. The smallest absolute Gasteiger partial charge is 0.244 e. The molecule has 1 aliphatic rings. The molecule has 0 amide bonds. The monoisotopic (exact) mass is 292 g/mol. The van der Waals surface area contributed by atoms with Gasteiger partial charge in [0.25, 0.3) is 0 Å². The van der Waals surface area contributed by atoms with Crippen molar-refractivity contribution in [1.29, 1.82) is 0 Å². The normalized spacial score (nSPS) is 23.0. The van der Waals surface area contributed by atoms with Gasteiger partial charge in [-0.15, -0.1) is 0 Å². The zero-order valence-corrected chi connectivity index (χ0v) is 12.5. The first-order valence-electron chi connectivity index (χ1n) is 7.24. The van der Waals surface area contributed by atoms with Gasteiger partial charge >= 0.3 is 0 Å². The Morgan fingerprint density at radius 2 is 2.10 bits per heavy atom. The second-order valence-electron chi connectivity index (χ2n) is 5.53. The summed E-state index contributed by atoms with van der Waals surface area (Å²) in [6.07, 6.45) is 1.05. The van der Waals surface area contributed by atoms with Crippen LogP contribution in [-0.4, -0.2) is 38.0 Å². The van der Waals surface area contributed by atoms with E-state index < -0.39 is 0 Å². The van der Waals surface area contributed by atoms with E-state index >= 15 is 0 Å². The molecule has 7 nitrogen and oxygen atoms in total. The molecule has 114 valence electrons. The largest absolute Gasteiger partial charge is 0.392 e. The standard InChI is InChI=1S/C14H20N4O3/c1-4-12-11(8(2)20-17-12)7-18-6-10(19)5-13(18)14-15-9(3)16-21-14/h10,13,19H,4-7H2,1-3H3/t10-,13-/m1/s1. The molecule has 0 bridgehead atoms. The third-order valence-electron chi connectivity index (χ3n) is 3.97. The highest BCUT2D eigenvalue weighted by molar-refractivity contribution is 5.22. The van der Waals surface area contributed by atoms with Crippen LogP contribution in [0.5, 0.6) is 0 Å². The molecular formula is C14H20N4O3. The third-order valence-corrected chi connectivity index (χ3v) is 3.97. The van der Waals surface area contributed by atoms with Crippen LogP contribution in [0.2, 0.25) is 0 Å². The SMILES string of the molecule is CCc1noc(C)c1CN1C[C@H](O)C[C@@H]1c1nc(C)no1. The first kappa shape index (κ1) is 14.2. The summed E-state index contributed by atoms with van der Waals surface area (Å²) >= 11 is 0. The number of aliphatic hydroxyl groups excluding tert-OH is 1. The van der Waals surface area contributed by atoms with Gasteiger partial charge in [0.1, 0.15) is 5.76 Å². The second kappa shape index (κ2) is 5.57. The van der Waals surface area contributed by atoms with Crippen LogP contribution in [0.15, 0.2) is 9.05 Å². The molecule has 1 saturated heterocycles. The molecule has 1 aliphatic heterocycles. The van der Waals surface area contributed by atoms with Crippen molar-refractivity contribution in [1.82, 2.24) is 20.2 Å². The van der Waals surface area contributed by atoms with Gasteiger partial charge in [0.15, 0.2) is 5.82 Å². The maximum atomic E-state index is 9.99. The minimum absolute atomic E-state index is 0.0554. The lowest BCUT2D eigenvalue weighted by molar-refractivity contribution is 0.169. The summed E-state index contributed by atoms with van der Waals surface area (Å²) in [6.45, 7) is 7.02. The van der Waals surface area contributed by atoms with Gasteiger partial charge in [-0.25, -0.2) is 0 Å². The van der Waals surface area contributed by atoms with Gasteiger partial charge in [-0.2, -0.15) is 4.98 Å². The topological polar surface area (TPSA) is 88.4 Å². The van der Waals surface area contributed by atoms with Crippen molar-refractivity contribution < 1.29 is 14.2 Å². The summed E-state index contributed by atoms with van der Waals surface area (Å²) in [5.74, 6) is 2.01. The van der Waals surface area contributed by atoms with Gasteiger partial charge in [0.2, 0.25) is 5.89 Å². The second-order valence-corrected chi connectivity index (χ2v) is 5.53. The average molecular weight is 292 g/mol. The first-order chi connectivity index (χ1) is 10.1. The van der Waals surface area contributed by atoms with Crippen LogP contribution < -0.4 is 0 Å². The van der Waals surface area contributed by atoms with Crippen LogP contribution in [-0.2, 0) is 13.0 Å². The highest BCUT2D eigenvalue weighted by Crippen LogP contribution is 2.33. The molecule has 3 heterocycles. The summed E-state index contributed by atoms with van der Waals surface area (Å²) in [7, 11) is 0. The highest BCUT2D eigenvalue weighted by Gasteiger charge is 2.36. The Bertz CT molecular complexity index is 622. The highest BCUT2D eigenvalue weighted by atomic mass is 16.5. The summed E-state index contributed by atoms with van der Waals surface area (Å²) in [4.78, 5) is 6.45. The maximum absolute atomic E-state index is 9.99. The lowest BCUT2D eigenvalue weighted by Gasteiger charge is -2.21. The number of β-amino-alcohol motifs (C(OH)–C–C–N with tert-alkyl or cyclic N) is 1. The van der Waals surface area contributed by atoms with Crippen molar-refractivity contribution >= 4 is 0 Å². The van der Waals surface area contributed by atoms with E-state index in [-0.39, 0.29) is 12.1 Å². The molecule has 0 radical (unpaired) electrons. The number of hydrogen-bond donors (Lipinski definition) is 1. The number of aromatic nitrogens is 3. The summed E-state index contributed by atoms with van der Waals surface area (Å²) in [6, 6.07) is -0.0554. The van der Waals surface area contributed by atoms with E-state index in [0.717, 1.165) is 23.4 Å². The molecule has 1 fully saturated rings. The van der Waals surface area contributed by atoms with Gasteiger partial charge in [-0.05, 0) is 26.7 Å². The molecule has 0 spiro atoms. The molecule has 0 aromatic carbocycles. The molecule has 21 heavy (non-hydrogen) atoms. The average Bonchev–Trinajstić information content (AvgIpc) is 3.12. The predicted molar refractivity (Wildman–Crippen MR) is 73.4 cm³/mol. The van der Waals surface area contributed by atoms with Crippen LogP contribution in [0.1, 0.15) is 48.1 Å². The number of hydrogen-bond acceptors (Lipinski definition) is 7. The number of likely N-dealkylation sites (tertiary alicyclic amines) is 1. The van der Waals surface area contributed by atoms with E-state index in [1.807, 2.05) is 6.92 Å². The van der Waals surface area contributed by atoms with Crippen LogP contribution >= 0.6 is 0 Å². The fourth-order valence-electron chi connectivity index (χ4n) is 2.88. The minimum Gasteiger partial charge on any atom is -0.392 e. The molecule has 0 saturated carbocycles. The number of rotatable bonds is 4. The van der Waals surface area contributed by atoms with Crippen molar-refractivity contribution in [3.05, 3.63) is 28.7 Å². The van der Waals surface area contributed by atoms with Crippen molar-refractivity contribution in [2.75, 3.05) is 6.54 Å². The Morgan fingerprint density at radius 1 is 1.29 bits per heavy atom. The maximum Gasteiger partial charge on any atom is 0.244 e. The van der Waals surface area contributed by atoms with E-state index in [1.165, 1.54) is 0 Å². The fourth-order valence-corrected chi connectivity index (χ4v) is 2.88. The molecule has 0 aliphatic carbocycles. The van der Waals surface area contributed by atoms with E-state index in [4.69, 9.17) is 9.05 Å². The van der Waals surface area contributed by atoms with Crippen molar-refractivity contribution in [2.45, 2.75) is 52.3 Å². The van der Waals surface area contributed by atoms with Crippen LogP contribution in [0.4, 0.5) is 0 Å².